The van der Waals surface area contributed by atoms with E-state index in [4.69, 9.17) is 9.84 Å². The molecule has 0 atom stereocenters. The van der Waals surface area contributed by atoms with E-state index in [0.29, 0.717) is 11.4 Å². The first-order valence-corrected chi connectivity index (χ1v) is 5.66. The molecule has 6 nitrogen and oxygen atoms in total. The van der Waals surface area contributed by atoms with E-state index >= 15 is 0 Å². The molecule has 0 bridgehead atoms. The van der Waals surface area contributed by atoms with Crippen LogP contribution in [0.4, 0.5) is 0 Å². The molecule has 0 radical (unpaired) electrons. The molecule has 0 fully saturated rings. The maximum Gasteiger partial charge on any atom is 0.323 e. The molecular formula is C13H14N2O4. The van der Waals surface area contributed by atoms with E-state index in [9.17, 15) is 9.59 Å². The van der Waals surface area contributed by atoms with Crippen molar-refractivity contribution in [3.8, 4) is 5.75 Å². The SMILES string of the molecule is COc1cccc2[nH]c(C(=O)N(C)CC(=O)O)cc12. The Bertz CT molecular complexity index is 633. The molecule has 0 aliphatic heterocycles. The van der Waals surface area contributed by atoms with E-state index in [1.807, 2.05) is 12.1 Å². The average Bonchev–Trinajstić information content (AvgIpc) is 2.80. The lowest BCUT2D eigenvalue weighted by Gasteiger charge is -2.12. The second-order valence-corrected chi connectivity index (χ2v) is 4.16. The molecule has 1 aromatic carbocycles. The lowest BCUT2D eigenvalue weighted by molar-refractivity contribution is -0.137. The van der Waals surface area contributed by atoms with E-state index in [0.717, 1.165) is 15.8 Å². The molecular weight excluding hydrogens is 248 g/mol. The van der Waals surface area contributed by atoms with Gasteiger partial charge in [-0.1, -0.05) is 6.07 Å². The van der Waals surface area contributed by atoms with Crippen LogP contribution < -0.4 is 4.74 Å². The molecule has 1 aromatic heterocycles. The van der Waals surface area contributed by atoms with Gasteiger partial charge >= 0.3 is 5.97 Å². The van der Waals surface area contributed by atoms with Crippen LogP contribution in [0, 0.1) is 0 Å². The molecule has 1 heterocycles. The zero-order chi connectivity index (χ0) is 14.0. The fraction of sp³-hybridized carbons (Fsp3) is 0.231. The first-order valence-electron chi connectivity index (χ1n) is 5.66. The number of benzene rings is 1. The van der Waals surface area contributed by atoms with Crippen LogP contribution in [0.25, 0.3) is 10.9 Å². The maximum atomic E-state index is 12.0. The van der Waals surface area contributed by atoms with E-state index in [-0.39, 0.29) is 12.5 Å². The summed E-state index contributed by atoms with van der Waals surface area (Å²) in [5, 5.41) is 9.47. The minimum Gasteiger partial charge on any atom is -0.496 e. The van der Waals surface area contributed by atoms with Crippen molar-refractivity contribution >= 4 is 22.8 Å². The van der Waals surface area contributed by atoms with Gasteiger partial charge in [0.1, 0.15) is 18.0 Å². The number of hydrogen-bond acceptors (Lipinski definition) is 3. The number of rotatable bonds is 4. The van der Waals surface area contributed by atoms with Gasteiger partial charge < -0.3 is 19.7 Å². The van der Waals surface area contributed by atoms with Crippen molar-refractivity contribution in [2.24, 2.45) is 0 Å². The number of ether oxygens (including phenoxy) is 1. The summed E-state index contributed by atoms with van der Waals surface area (Å²) in [4.78, 5) is 26.7. The summed E-state index contributed by atoms with van der Waals surface area (Å²) in [5.41, 5.74) is 1.11. The summed E-state index contributed by atoms with van der Waals surface area (Å²) < 4.78 is 5.21. The number of likely N-dealkylation sites (N-methyl/N-ethyl adjacent to an activating group) is 1. The molecule has 0 spiro atoms. The number of carboxylic acid groups (broad SMARTS) is 1. The monoisotopic (exact) mass is 262 g/mol. The fourth-order valence-electron chi connectivity index (χ4n) is 1.90. The highest BCUT2D eigenvalue weighted by molar-refractivity contribution is 6.00. The van der Waals surface area contributed by atoms with Gasteiger partial charge in [-0.3, -0.25) is 9.59 Å². The van der Waals surface area contributed by atoms with Crippen molar-refractivity contribution in [2.45, 2.75) is 0 Å². The minimum absolute atomic E-state index is 0.336. The third-order valence-corrected chi connectivity index (χ3v) is 2.79. The average molecular weight is 262 g/mol. The van der Waals surface area contributed by atoms with Crippen molar-refractivity contribution in [3.63, 3.8) is 0 Å². The van der Waals surface area contributed by atoms with E-state index in [1.165, 1.54) is 7.05 Å². The molecule has 1 amide bonds. The predicted molar refractivity (Wildman–Crippen MR) is 69.4 cm³/mol. The third-order valence-electron chi connectivity index (χ3n) is 2.79. The van der Waals surface area contributed by atoms with Crippen LogP contribution in [0.2, 0.25) is 0 Å². The highest BCUT2D eigenvalue weighted by Crippen LogP contribution is 2.26. The van der Waals surface area contributed by atoms with Gasteiger partial charge in [-0.05, 0) is 18.2 Å². The van der Waals surface area contributed by atoms with Gasteiger partial charge in [-0.15, -0.1) is 0 Å². The summed E-state index contributed by atoms with van der Waals surface area (Å²) in [5.74, 6) is -0.765. The standard InChI is InChI=1S/C13H14N2O4/c1-15(7-12(16)17)13(18)10-6-8-9(14-10)4-3-5-11(8)19-2/h3-6,14H,7H2,1-2H3,(H,16,17). The number of aliphatic carboxylic acids is 1. The Hall–Kier alpha value is -2.50. The second-order valence-electron chi connectivity index (χ2n) is 4.16. The number of H-pyrrole nitrogens is 1. The molecule has 2 aromatic rings. The van der Waals surface area contributed by atoms with E-state index in [2.05, 4.69) is 4.98 Å². The topological polar surface area (TPSA) is 82.6 Å². The van der Waals surface area contributed by atoms with Gasteiger partial charge in [0.15, 0.2) is 0 Å². The summed E-state index contributed by atoms with van der Waals surface area (Å²) in [6, 6.07) is 7.10. The normalized spacial score (nSPS) is 10.4. The Balaban J connectivity index is 2.36. The van der Waals surface area contributed by atoms with Crippen molar-refractivity contribution in [1.82, 2.24) is 9.88 Å². The lowest BCUT2D eigenvalue weighted by atomic mass is 10.2. The Morgan fingerprint density at radius 1 is 1.42 bits per heavy atom. The van der Waals surface area contributed by atoms with Gasteiger partial charge in [0.05, 0.1) is 7.11 Å². The van der Waals surface area contributed by atoms with E-state index in [1.54, 1.807) is 19.2 Å². The van der Waals surface area contributed by atoms with Gasteiger partial charge in [0, 0.05) is 18.0 Å². The van der Waals surface area contributed by atoms with Crippen LogP contribution in [-0.4, -0.2) is 47.6 Å². The number of amides is 1. The summed E-state index contributed by atoms with van der Waals surface area (Å²) >= 11 is 0. The van der Waals surface area contributed by atoms with Crippen molar-refractivity contribution < 1.29 is 19.4 Å². The molecule has 0 aliphatic carbocycles. The quantitative estimate of drug-likeness (QED) is 0.870. The van der Waals surface area contributed by atoms with Gasteiger partial charge in [0.2, 0.25) is 0 Å². The van der Waals surface area contributed by atoms with Crippen molar-refractivity contribution in [2.75, 3.05) is 20.7 Å². The highest BCUT2D eigenvalue weighted by Gasteiger charge is 2.17. The largest absolute Gasteiger partial charge is 0.496 e. The smallest absolute Gasteiger partial charge is 0.323 e. The van der Waals surface area contributed by atoms with Crippen LogP contribution in [0.5, 0.6) is 5.75 Å². The Kier molecular flexibility index (Phi) is 3.41. The fourth-order valence-corrected chi connectivity index (χ4v) is 1.90. The van der Waals surface area contributed by atoms with Crippen LogP contribution in [0.3, 0.4) is 0 Å². The molecule has 0 saturated carbocycles. The molecule has 19 heavy (non-hydrogen) atoms. The van der Waals surface area contributed by atoms with Crippen LogP contribution >= 0.6 is 0 Å². The number of aromatic amines is 1. The van der Waals surface area contributed by atoms with Crippen LogP contribution in [0.1, 0.15) is 10.5 Å². The molecule has 100 valence electrons. The number of nitrogens with one attached hydrogen (secondary N) is 1. The second kappa shape index (κ2) is 5.01. The summed E-state index contributed by atoms with van der Waals surface area (Å²) in [6.07, 6.45) is 0. The number of carbonyl (C=O) groups is 2. The number of nitrogens with zero attached hydrogens (tertiary/aromatic N) is 1. The number of fused-ring (bicyclic) bond motifs is 1. The Morgan fingerprint density at radius 3 is 2.79 bits per heavy atom. The lowest BCUT2D eigenvalue weighted by Crippen LogP contribution is -2.32. The number of carbonyl (C=O) groups excluding carboxylic acids is 1. The minimum atomic E-state index is -1.05. The molecule has 0 saturated heterocycles. The maximum absolute atomic E-state index is 12.0. The van der Waals surface area contributed by atoms with Crippen molar-refractivity contribution in [3.05, 3.63) is 30.0 Å². The zero-order valence-corrected chi connectivity index (χ0v) is 10.6. The number of aromatic nitrogens is 1. The van der Waals surface area contributed by atoms with Gasteiger partial charge in [-0.25, -0.2) is 0 Å². The highest BCUT2D eigenvalue weighted by atomic mass is 16.5. The van der Waals surface area contributed by atoms with Crippen LogP contribution in [0.15, 0.2) is 24.3 Å². The van der Waals surface area contributed by atoms with E-state index < -0.39 is 5.97 Å². The van der Waals surface area contributed by atoms with Crippen molar-refractivity contribution in [1.29, 1.82) is 0 Å². The first kappa shape index (κ1) is 12.9. The van der Waals surface area contributed by atoms with Gasteiger partial charge in [0.25, 0.3) is 5.91 Å². The number of methoxy groups -OCH3 is 1. The first-order chi connectivity index (χ1) is 9.02. The third kappa shape index (κ3) is 2.52. The summed E-state index contributed by atoms with van der Waals surface area (Å²) in [6.45, 7) is -0.342. The predicted octanol–water partition coefficient (Wildman–Crippen LogP) is 1.33. The zero-order valence-electron chi connectivity index (χ0n) is 10.6. The molecule has 0 unspecified atom stereocenters. The molecule has 2 N–H and O–H groups in total. The van der Waals surface area contributed by atoms with Crippen LogP contribution in [-0.2, 0) is 4.79 Å². The number of carboxylic acids is 1. The molecule has 0 aliphatic rings. The Labute approximate surface area is 109 Å². The van der Waals surface area contributed by atoms with Gasteiger partial charge in [-0.2, -0.15) is 0 Å². The Morgan fingerprint density at radius 2 is 2.16 bits per heavy atom. The molecule has 2 rings (SSSR count). The number of hydrogen-bond donors (Lipinski definition) is 2. The summed E-state index contributed by atoms with van der Waals surface area (Å²) in [7, 11) is 3.00. The molecule has 6 heteroatoms.